The molecule has 4 heterocycles. The molecule has 0 unspecified atom stereocenters. The van der Waals surface area contributed by atoms with E-state index in [4.69, 9.17) is 14.2 Å². The number of anilines is 1. The van der Waals surface area contributed by atoms with E-state index in [0.717, 1.165) is 43.1 Å². The molecule has 2 saturated heterocycles. The van der Waals surface area contributed by atoms with Crippen molar-refractivity contribution in [2.45, 2.75) is 42.9 Å². The lowest BCUT2D eigenvalue weighted by Crippen LogP contribution is -2.64. The average molecular weight is 412 g/mol. The molecule has 1 saturated carbocycles. The minimum Gasteiger partial charge on any atom is -0.493 e. The van der Waals surface area contributed by atoms with E-state index in [1.807, 2.05) is 6.07 Å². The van der Waals surface area contributed by atoms with Crippen LogP contribution in [-0.2, 0) is 14.9 Å². The highest BCUT2D eigenvalue weighted by Gasteiger charge is 2.67. The van der Waals surface area contributed by atoms with Gasteiger partial charge in [0.2, 0.25) is 0 Å². The lowest BCUT2D eigenvalue weighted by molar-refractivity contribution is -0.142. The van der Waals surface area contributed by atoms with Crippen molar-refractivity contribution in [3.63, 3.8) is 0 Å². The van der Waals surface area contributed by atoms with E-state index in [9.17, 15) is 9.90 Å². The number of benzene rings is 1. The van der Waals surface area contributed by atoms with Gasteiger partial charge in [-0.15, -0.1) is 0 Å². The van der Waals surface area contributed by atoms with Gasteiger partial charge in [-0.2, -0.15) is 0 Å². The number of carbonyl (C=O) groups is 1. The third-order valence-electron chi connectivity index (χ3n) is 8.39. The number of nitrogens with zero attached hydrogens (tertiary/aromatic N) is 1. The molecule has 7 nitrogen and oxygen atoms in total. The first-order valence-electron chi connectivity index (χ1n) is 10.9. The summed E-state index contributed by atoms with van der Waals surface area (Å²) < 4.78 is 17.4. The van der Waals surface area contributed by atoms with Gasteiger partial charge in [-0.05, 0) is 36.9 Å². The Labute approximate surface area is 176 Å². The van der Waals surface area contributed by atoms with Gasteiger partial charge in [0, 0.05) is 41.7 Å². The zero-order valence-electron chi connectivity index (χ0n) is 17.4. The number of ether oxygens (including phenoxy) is 3. The molecule has 160 valence electrons. The minimum atomic E-state index is -0.790. The highest BCUT2D eigenvalue weighted by molar-refractivity contribution is 5.71. The van der Waals surface area contributed by atoms with Crippen LogP contribution >= 0.6 is 0 Å². The fourth-order valence-electron chi connectivity index (χ4n) is 7.32. The molecule has 30 heavy (non-hydrogen) atoms. The molecular formula is C23H28N2O5. The van der Waals surface area contributed by atoms with Gasteiger partial charge >= 0.3 is 5.97 Å². The normalized spacial score (nSPS) is 38.1. The van der Waals surface area contributed by atoms with Crippen molar-refractivity contribution in [1.82, 2.24) is 4.90 Å². The van der Waals surface area contributed by atoms with Crippen LogP contribution in [0.2, 0.25) is 0 Å². The molecule has 0 amide bonds. The highest BCUT2D eigenvalue weighted by Crippen LogP contribution is 2.63. The molecule has 1 aromatic carbocycles. The first kappa shape index (κ1) is 18.5. The number of hydrogen-bond acceptors (Lipinski definition) is 6. The van der Waals surface area contributed by atoms with Gasteiger partial charge in [0.25, 0.3) is 0 Å². The Bertz CT molecular complexity index is 946. The maximum Gasteiger partial charge on any atom is 0.305 e. The molecule has 0 aromatic heterocycles. The number of nitrogens with one attached hydrogen (secondary N) is 1. The SMILES string of the molecule is COc1cc2c(cc1OC)[C@]13CCN4CC5=CCO[C@@H](CC(=O)O)[C@@H]([C@H]5C[C@@H]41)[C@@H]3N2. The van der Waals surface area contributed by atoms with E-state index in [2.05, 4.69) is 22.4 Å². The molecule has 2 N–H and O–H groups in total. The second-order valence-electron chi connectivity index (χ2n) is 9.32. The van der Waals surface area contributed by atoms with Crippen LogP contribution in [0.15, 0.2) is 23.8 Å². The van der Waals surface area contributed by atoms with E-state index >= 15 is 0 Å². The summed E-state index contributed by atoms with van der Waals surface area (Å²) in [7, 11) is 3.34. The molecule has 1 aromatic rings. The number of carboxylic acid groups (broad SMARTS) is 1. The maximum absolute atomic E-state index is 11.7. The summed E-state index contributed by atoms with van der Waals surface area (Å²) in [6.45, 7) is 2.55. The van der Waals surface area contributed by atoms with Crippen molar-refractivity contribution in [2.75, 3.05) is 39.2 Å². The van der Waals surface area contributed by atoms with Gasteiger partial charge in [-0.1, -0.05) is 11.6 Å². The predicted molar refractivity (Wildman–Crippen MR) is 110 cm³/mol. The van der Waals surface area contributed by atoms with E-state index < -0.39 is 5.97 Å². The van der Waals surface area contributed by atoms with Crippen molar-refractivity contribution < 1.29 is 24.1 Å². The number of methoxy groups -OCH3 is 2. The van der Waals surface area contributed by atoms with Gasteiger partial charge in [-0.25, -0.2) is 0 Å². The maximum atomic E-state index is 11.7. The summed E-state index contributed by atoms with van der Waals surface area (Å²) >= 11 is 0. The number of piperidine rings is 1. The quantitative estimate of drug-likeness (QED) is 0.735. The Morgan fingerprint density at radius 3 is 2.90 bits per heavy atom. The van der Waals surface area contributed by atoms with Gasteiger partial charge in [0.05, 0.1) is 33.4 Å². The molecular weight excluding hydrogens is 384 g/mol. The van der Waals surface area contributed by atoms with Crippen LogP contribution in [-0.4, -0.2) is 68.1 Å². The fraction of sp³-hybridized carbons (Fsp3) is 0.609. The second-order valence-corrected chi connectivity index (χ2v) is 9.32. The second kappa shape index (κ2) is 6.37. The largest absolute Gasteiger partial charge is 0.493 e. The summed E-state index contributed by atoms with van der Waals surface area (Å²) in [5.74, 6) is 1.19. The lowest BCUT2D eigenvalue weighted by Gasteiger charge is -2.55. The van der Waals surface area contributed by atoms with Gasteiger partial charge < -0.3 is 24.6 Å². The molecule has 5 aliphatic rings. The number of fused-ring (bicyclic) bond motifs is 2. The third-order valence-corrected chi connectivity index (χ3v) is 8.39. The predicted octanol–water partition coefficient (Wildman–Crippen LogP) is 2.26. The Balaban J connectivity index is 1.52. The topological polar surface area (TPSA) is 80.3 Å². The summed E-state index contributed by atoms with van der Waals surface area (Å²) in [6.07, 6.45) is 4.11. The molecule has 7 heteroatoms. The average Bonchev–Trinajstić information content (AvgIpc) is 3.21. The monoisotopic (exact) mass is 412 g/mol. The van der Waals surface area contributed by atoms with Crippen molar-refractivity contribution in [2.24, 2.45) is 11.8 Å². The highest BCUT2D eigenvalue weighted by atomic mass is 16.5. The van der Waals surface area contributed by atoms with E-state index in [1.54, 1.807) is 14.2 Å². The summed E-state index contributed by atoms with van der Waals surface area (Å²) in [4.78, 5) is 14.3. The molecule has 1 spiro atoms. The van der Waals surface area contributed by atoms with Gasteiger partial charge in [-0.3, -0.25) is 9.69 Å². The zero-order valence-corrected chi connectivity index (χ0v) is 17.4. The van der Waals surface area contributed by atoms with Gasteiger partial charge in [0.15, 0.2) is 11.5 Å². The summed E-state index contributed by atoms with van der Waals surface area (Å²) in [5, 5.41) is 13.4. The molecule has 6 rings (SSSR count). The summed E-state index contributed by atoms with van der Waals surface area (Å²) in [6, 6.07) is 4.80. The number of aliphatic carboxylic acids is 1. The van der Waals surface area contributed by atoms with Crippen molar-refractivity contribution in [3.8, 4) is 11.5 Å². The van der Waals surface area contributed by atoms with E-state index in [1.165, 1.54) is 11.1 Å². The molecule has 6 atom stereocenters. The van der Waals surface area contributed by atoms with E-state index in [0.29, 0.717) is 18.6 Å². The standard InChI is InChI=1S/C23H28N2O5/c1-28-16-8-14-15(9-17(16)29-2)24-22-21-13-7-19-23(14,22)4-5-25(19)11-12(13)3-6-30-18(21)10-20(26)27/h3,8-9,13,18-19,21-22,24H,4-7,10-11H2,1-2H3,(H,26,27)/t13-,18-,19+,21+,22-,23+/m0/s1. The van der Waals surface area contributed by atoms with Crippen LogP contribution < -0.4 is 14.8 Å². The summed E-state index contributed by atoms with van der Waals surface area (Å²) in [5.41, 5.74) is 3.77. The lowest BCUT2D eigenvalue weighted by atomic mass is 9.54. The van der Waals surface area contributed by atoms with Crippen molar-refractivity contribution in [3.05, 3.63) is 29.3 Å². The molecule has 1 aliphatic carbocycles. The Morgan fingerprint density at radius 2 is 2.13 bits per heavy atom. The molecule has 0 radical (unpaired) electrons. The van der Waals surface area contributed by atoms with Crippen LogP contribution in [0.5, 0.6) is 11.5 Å². The first-order chi connectivity index (χ1) is 14.6. The smallest absolute Gasteiger partial charge is 0.305 e. The van der Waals surface area contributed by atoms with Crippen LogP contribution in [0.4, 0.5) is 5.69 Å². The Kier molecular flexibility index (Phi) is 3.93. The number of carboxylic acids is 1. The molecule has 2 bridgehead atoms. The van der Waals surface area contributed by atoms with Crippen LogP contribution in [0.25, 0.3) is 0 Å². The number of rotatable bonds is 4. The zero-order chi connectivity index (χ0) is 20.6. The first-order valence-corrected chi connectivity index (χ1v) is 10.9. The fourth-order valence-corrected chi connectivity index (χ4v) is 7.32. The van der Waals surface area contributed by atoms with Gasteiger partial charge in [0.1, 0.15) is 0 Å². The van der Waals surface area contributed by atoms with Crippen molar-refractivity contribution in [1.29, 1.82) is 0 Å². The third kappa shape index (κ3) is 2.25. The van der Waals surface area contributed by atoms with Crippen LogP contribution in [0.1, 0.15) is 24.8 Å². The van der Waals surface area contributed by atoms with E-state index in [-0.39, 0.29) is 29.9 Å². The van der Waals surface area contributed by atoms with Crippen molar-refractivity contribution >= 4 is 11.7 Å². The molecule has 4 aliphatic heterocycles. The number of hydrogen-bond donors (Lipinski definition) is 2. The van der Waals surface area contributed by atoms with Crippen LogP contribution in [0, 0.1) is 11.8 Å². The molecule has 3 fully saturated rings. The van der Waals surface area contributed by atoms with Crippen LogP contribution in [0.3, 0.4) is 0 Å². The Hall–Kier alpha value is -2.25. The Morgan fingerprint density at radius 1 is 1.33 bits per heavy atom. The minimum absolute atomic E-state index is 0.0495.